The summed E-state index contributed by atoms with van der Waals surface area (Å²) in [5, 5.41) is 12.4. The van der Waals surface area contributed by atoms with Crippen molar-refractivity contribution in [3.8, 4) is 22.6 Å². The van der Waals surface area contributed by atoms with E-state index < -0.39 is 0 Å². The maximum Gasteiger partial charge on any atom is 0.255 e. The highest BCUT2D eigenvalue weighted by Gasteiger charge is 2.16. The van der Waals surface area contributed by atoms with Gasteiger partial charge in [0.2, 0.25) is 0 Å². The van der Waals surface area contributed by atoms with Crippen LogP contribution in [0.1, 0.15) is 22.8 Å². The highest BCUT2D eigenvalue weighted by atomic mass is 16.5. The van der Waals surface area contributed by atoms with Gasteiger partial charge in [0, 0.05) is 6.04 Å². The Kier molecular flexibility index (Phi) is 5.77. The molecule has 0 bridgehead atoms. The van der Waals surface area contributed by atoms with Crippen LogP contribution in [-0.4, -0.2) is 24.2 Å². The molecule has 138 valence electrons. The molecule has 27 heavy (non-hydrogen) atoms. The first-order valence-corrected chi connectivity index (χ1v) is 8.89. The van der Waals surface area contributed by atoms with Crippen LogP contribution in [0, 0.1) is 0 Å². The Bertz CT molecular complexity index is 905. The maximum absolute atomic E-state index is 12.8. The van der Waals surface area contributed by atoms with Gasteiger partial charge in [0.15, 0.2) is 0 Å². The summed E-state index contributed by atoms with van der Waals surface area (Å²) in [5.74, 6) is 0.609. The van der Waals surface area contributed by atoms with E-state index in [0.717, 1.165) is 16.7 Å². The van der Waals surface area contributed by atoms with Crippen molar-refractivity contribution in [1.29, 1.82) is 0 Å². The number of aromatic hydroxyl groups is 1. The molecule has 3 aromatic rings. The van der Waals surface area contributed by atoms with Crippen LogP contribution in [0.4, 0.5) is 0 Å². The van der Waals surface area contributed by atoms with Gasteiger partial charge >= 0.3 is 0 Å². The fourth-order valence-corrected chi connectivity index (χ4v) is 3.03. The lowest BCUT2D eigenvalue weighted by Gasteiger charge is -2.16. The molecule has 0 aromatic heterocycles. The van der Waals surface area contributed by atoms with Crippen LogP contribution < -0.4 is 10.1 Å². The van der Waals surface area contributed by atoms with Crippen LogP contribution >= 0.6 is 0 Å². The third-order valence-electron chi connectivity index (χ3n) is 4.41. The van der Waals surface area contributed by atoms with Crippen molar-refractivity contribution in [2.45, 2.75) is 19.4 Å². The van der Waals surface area contributed by atoms with Gasteiger partial charge in [-0.3, -0.25) is 4.79 Å². The first-order valence-electron chi connectivity index (χ1n) is 8.89. The molecule has 3 aromatic carbocycles. The second-order valence-electron chi connectivity index (χ2n) is 6.53. The van der Waals surface area contributed by atoms with E-state index in [0.29, 0.717) is 17.7 Å². The summed E-state index contributed by atoms with van der Waals surface area (Å²) in [7, 11) is 1.56. The summed E-state index contributed by atoms with van der Waals surface area (Å²) in [6, 6.07) is 22.5. The molecule has 1 unspecified atom stereocenters. The van der Waals surface area contributed by atoms with Gasteiger partial charge in [-0.05, 0) is 54.3 Å². The van der Waals surface area contributed by atoms with Crippen LogP contribution in [0.5, 0.6) is 11.5 Å². The summed E-state index contributed by atoms with van der Waals surface area (Å²) >= 11 is 0. The van der Waals surface area contributed by atoms with Crippen molar-refractivity contribution in [2.75, 3.05) is 7.11 Å². The zero-order valence-electron chi connectivity index (χ0n) is 15.5. The van der Waals surface area contributed by atoms with E-state index in [4.69, 9.17) is 4.74 Å². The number of benzene rings is 3. The molecule has 0 aliphatic carbocycles. The summed E-state index contributed by atoms with van der Waals surface area (Å²) in [4.78, 5) is 12.8. The molecule has 0 aliphatic rings. The Morgan fingerprint density at radius 1 is 1.00 bits per heavy atom. The zero-order chi connectivity index (χ0) is 19.2. The summed E-state index contributed by atoms with van der Waals surface area (Å²) in [6.45, 7) is 1.96. The third kappa shape index (κ3) is 4.67. The number of phenols is 1. The Morgan fingerprint density at radius 3 is 2.37 bits per heavy atom. The second-order valence-corrected chi connectivity index (χ2v) is 6.53. The van der Waals surface area contributed by atoms with E-state index in [2.05, 4.69) is 5.32 Å². The van der Waals surface area contributed by atoms with Gasteiger partial charge in [0.1, 0.15) is 11.5 Å². The first-order chi connectivity index (χ1) is 13.1. The molecule has 1 atom stereocenters. The molecule has 0 saturated carbocycles. The molecule has 4 heteroatoms. The standard InChI is InChI=1S/C23H23NO3/c1-16(14-17-8-11-20(25)12-9-17)24-23(26)21-15-19(10-13-22(21)27-2)18-6-4-3-5-7-18/h3-13,15-16,25H,14H2,1-2H3,(H,24,26). The molecule has 0 saturated heterocycles. The van der Waals surface area contributed by atoms with E-state index in [1.807, 2.05) is 67.6 Å². The molecule has 0 heterocycles. The number of amides is 1. The fraction of sp³-hybridized carbons (Fsp3) is 0.174. The number of hydrogen-bond donors (Lipinski definition) is 2. The number of phenolic OH excluding ortho intramolecular Hbond substituents is 1. The minimum Gasteiger partial charge on any atom is -0.508 e. The zero-order valence-corrected chi connectivity index (χ0v) is 15.5. The number of ether oxygens (including phenoxy) is 1. The molecule has 0 aliphatic heterocycles. The summed E-state index contributed by atoms with van der Waals surface area (Å²) in [5.41, 5.74) is 3.57. The third-order valence-corrected chi connectivity index (χ3v) is 4.41. The fourth-order valence-electron chi connectivity index (χ4n) is 3.03. The summed E-state index contributed by atoms with van der Waals surface area (Å²) < 4.78 is 5.38. The van der Waals surface area contributed by atoms with Crippen molar-refractivity contribution in [3.05, 3.63) is 83.9 Å². The number of nitrogens with one attached hydrogen (secondary N) is 1. The van der Waals surface area contributed by atoms with Gasteiger partial charge in [-0.25, -0.2) is 0 Å². The number of hydrogen-bond acceptors (Lipinski definition) is 3. The normalized spacial score (nSPS) is 11.6. The predicted octanol–water partition coefficient (Wildman–Crippen LogP) is 4.43. The molecule has 2 N–H and O–H groups in total. The van der Waals surface area contributed by atoms with Crippen LogP contribution in [-0.2, 0) is 6.42 Å². The van der Waals surface area contributed by atoms with Gasteiger partial charge < -0.3 is 15.2 Å². The van der Waals surface area contributed by atoms with E-state index >= 15 is 0 Å². The van der Waals surface area contributed by atoms with Gasteiger partial charge in [0.05, 0.1) is 12.7 Å². The van der Waals surface area contributed by atoms with E-state index in [1.54, 1.807) is 19.2 Å². The van der Waals surface area contributed by atoms with Crippen LogP contribution in [0.3, 0.4) is 0 Å². The van der Waals surface area contributed by atoms with Crippen LogP contribution in [0.15, 0.2) is 72.8 Å². The smallest absolute Gasteiger partial charge is 0.255 e. The molecule has 4 nitrogen and oxygen atoms in total. The molecular weight excluding hydrogens is 338 g/mol. The van der Waals surface area contributed by atoms with E-state index in [-0.39, 0.29) is 17.7 Å². The minimum absolute atomic E-state index is 0.0628. The van der Waals surface area contributed by atoms with Crippen molar-refractivity contribution in [1.82, 2.24) is 5.32 Å². The number of carbonyl (C=O) groups is 1. The van der Waals surface area contributed by atoms with Crippen molar-refractivity contribution in [2.24, 2.45) is 0 Å². The Balaban J connectivity index is 1.77. The van der Waals surface area contributed by atoms with Crippen molar-refractivity contribution in [3.63, 3.8) is 0 Å². The lowest BCUT2D eigenvalue weighted by Crippen LogP contribution is -2.34. The Morgan fingerprint density at radius 2 is 1.70 bits per heavy atom. The minimum atomic E-state index is -0.170. The number of rotatable bonds is 6. The largest absolute Gasteiger partial charge is 0.508 e. The van der Waals surface area contributed by atoms with Gasteiger partial charge in [-0.1, -0.05) is 48.5 Å². The monoisotopic (exact) mass is 361 g/mol. The summed E-state index contributed by atoms with van der Waals surface area (Å²) in [6.07, 6.45) is 0.673. The SMILES string of the molecule is COc1ccc(-c2ccccc2)cc1C(=O)NC(C)Cc1ccc(O)cc1. The highest BCUT2D eigenvalue weighted by molar-refractivity contribution is 5.98. The highest BCUT2D eigenvalue weighted by Crippen LogP contribution is 2.26. The van der Waals surface area contributed by atoms with E-state index in [9.17, 15) is 9.90 Å². The van der Waals surface area contributed by atoms with Crippen molar-refractivity contribution < 1.29 is 14.6 Å². The lowest BCUT2D eigenvalue weighted by atomic mass is 10.0. The van der Waals surface area contributed by atoms with Crippen LogP contribution in [0.2, 0.25) is 0 Å². The van der Waals surface area contributed by atoms with E-state index in [1.165, 1.54) is 0 Å². The quantitative estimate of drug-likeness (QED) is 0.683. The Hall–Kier alpha value is -3.27. The van der Waals surface area contributed by atoms with Gasteiger partial charge in [0.25, 0.3) is 5.91 Å². The molecule has 1 amide bonds. The lowest BCUT2D eigenvalue weighted by molar-refractivity contribution is 0.0937. The van der Waals surface area contributed by atoms with Gasteiger partial charge in [-0.15, -0.1) is 0 Å². The maximum atomic E-state index is 12.8. The topological polar surface area (TPSA) is 58.6 Å². The number of methoxy groups -OCH3 is 1. The molecule has 3 rings (SSSR count). The number of carbonyl (C=O) groups excluding carboxylic acids is 1. The molecule has 0 radical (unpaired) electrons. The second kappa shape index (κ2) is 8.41. The van der Waals surface area contributed by atoms with Crippen LogP contribution in [0.25, 0.3) is 11.1 Å². The molecule has 0 spiro atoms. The predicted molar refractivity (Wildman–Crippen MR) is 107 cm³/mol. The average Bonchev–Trinajstić information content (AvgIpc) is 2.70. The Labute approximate surface area is 159 Å². The average molecular weight is 361 g/mol. The first kappa shape index (κ1) is 18.5. The van der Waals surface area contributed by atoms with Crippen molar-refractivity contribution >= 4 is 5.91 Å². The molecular formula is C23H23NO3. The molecule has 0 fully saturated rings. The van der Waals surface area contributed by atoms with Gasteiger partial charge in [-0.2, -0.15) is 0 Å².